The van der Waals surface area contributed by atoms with Crippen LogP contribution >= 0.6 is 0 Å². The summed E-state index contributed by atoms with van der Waals surface area (Å²) in [6, 6.07) is 3.19. The highest BCUT2D eigenvalue weighted by Crippen LogP contribution is 2.33. The molecular formula is C9H9F3O2. The molecule has 0 aliphatic carbocycles. The van der Waals surface area contributed by atoms with Crippen LogP contribution in [0.4, 0.5) is 13.2 Å². The van der Waals surface area contributed by atoms with E-state index in [0.717, 1.165) is 6.07 Å². The number of benzene rings is 1. The zero-order chi connectivity index (χ0) is 10.9. The first-order valence-electron chi connectivity index (χ1n) is 3.86. The molecule has 0 aromatic heterocycles. The fourth-order valence-electron chi connectivity index (χ4n) is 1.11. The van der Waals surface area contributed by atoms with Gasteiger partial charge in [0.2, 0.25) is 0 Å². The maximum absolute atomic E-state index is 12.3. The summed E-state index contributed by atoms with van der Waals surface area (Å²) in [5, 5.41) is 17.4. The monoisotopic (exact) mass is 206 g/mol. The Balaban J connectivity index is 3.22. The molecule has 2 nitrogen and oxygen atoms in total. The first-order valence-corrected chi connectivity index (χ1v) is 3.86. The molecule has 0 aliphatic heterocycles. The predicted molar refractivity (Wildman–Crippen MR) is 43.4 cm³/mol. The third-order valence-electron chi connectivity index (χ3n) is 1.87. The molecule has 0 fully saturated rings. The molecule has 5 heteroatoms. The number of aryl methyl sites for hydroxylation is 1. The van der Waals surface area contributed by atoms with Crippen molar-refractivity contribution >= 4 is 0 Å². The van der Waals surface area contributed by atoms with E-state index in [1.807, 2.05) is 0 Å². The number of alkyl halides is 3. The Morgan fingerprint density at radius 1 is 1.21 bits per heavy atom. The second-order valence-electron chi connectivity index (χ2n) is 2.95. The summed E-state index contributed by atoms with van der Waals surface area (Å²) >= 11 is 0. The third kappa shape index (κ3) is 2.24. The van der Waals surface area contributed by atoms with E-state index in [-0.39, 0.29) is 11.1 Å². The average Bonchev–Trinajstić information content (AvgIpc) is 2.02. The van der Waals surface area contributed by atoms with Crippen LogP contribution in [-0.4, -0.2) is 10.2 Å². The van der Waals surface area contributed by atoms with Crippen LogP contribution in [0.1, 0.15) is 23.0 Å². The molecule has 78 valence electrons. The topological polar surface area (TPSA) is 40.5 Å². The van der Waals surface area contributed by atoms with Crippen molar-refractivity contribution in [2.75, 3.05) is 0 Å². The molecule has 1 aromatic rings. The number of rotatable bonds is 1. The molecule has 0 saturated heterocycles. The molecular weight excluding hydrogens is 197 g/mol. The lowest BCUT2D eigenvalue weighted by Gasteiger charge is -2.12. The van der Waals surface area contributed by atoms with E-state index >= 15 is 0 Å². The summed E-state index contributed by atoms with van der Waals surface area (Å²) in [4.78, 5) is 0. The van der Waals surface area contributed by atoms with Crippen LogP contribution in [0.15, 0.2) is 18.2 Å². The van der Waals surface area contributed by atoms with Gasteiger partial charge in [0.25, 0.3) is 0 Å². The number of hydrogen-bond donors (Lipinski definition) is 2. The van der Waals surface area contributed by atoms with Crippen LogP contribution in [0.2, 0.25) is 0 Å². The first-order chi connectivity index (χ1) is 6.32. The van der Waals surface area contributed by atoms with E-state index in [9.17, 15) is 13.2 Å². The summed E-state index contributed by atoms with van der Waals surface area (Å²) in [5.41, 5.74) is -0.951. The van der Waals surface area contributed by atoms with Crippen LogP contribution in [-0.2, 0) is 6.18 Å². The molecule has 0 radical (unpaired) electrons. The Morgan fingerprint density at radius 3 is 2.21 bits per heavy atom. The average molecular weight is 206 g/mol. The second kappa shape index (κ2) is 3.59. The maximum atomic E-state index is 12.3. The van der Waals surface area contributed by atoms with E-state index in [0.29, 0.717) is 0 Å². The van der Waals surface area contributed by atoms with Crippen molar-refractivity contribution in [1.82, 2.24) is 0 Å². The van der Waals surface area contributed by atoms with Crippen molar-refractivity contribution in [1.29, 1.82) is 0 Å². The van der Waals surface area contributed by atoms with Gasteiger partial charge in [-0.3, -0.25) is 0 Å². The quantitative estimate of drug-likeness (QED) is 0.690. The highest BCUT2D eigenvalue weighted by Gasteiger charge is 2.32. The summed E-state index contributed by atoms with van der Waals surface area (Å²) < 4.78 is 37.0. The lowest BCUT2D eigenvalue weighted by atomic mass is 10.0. The molecule has 0 spiro atoms. The predicted octanol–water partition coefficient (Wildman–Crippen LogP) is 2.00. The minimum atomic E-state index is -4.46. The number of hydrogen-bond acceptors (Lipinski definition) is 2. The van der Waals surface area contributed by atoms with Gasteiger partial charge < -0.3 is 10.2 Å². The van der Waals surface area contributed by atoms with Gasteiger partial charge in [0.15, 0.2) is 6.29 Å². The van der Waals surface area contributed by atoms with Gasteiger partial charge in [0.1, 0.15) is 0 Å². The molecule has 2 N–H and O–H groups in total. The number of aliphatic hydroxyl groups is 2. The molecule has 0 unspecified atom stereocenters. The lowest BCUT2D eigenvalue weighted by molar-refractivity contribution is -0.138. The fraction of sp³-hybridized carbons (Fsp3) is 0.333. The largest absolute Gasteiger partial charge is 0.416 e. The summed E-state index contributed by atoms with van der Waals surface area (Å²) in [7, 11) is 0. The van der Waals surface area contributed by atoms with Gasteiger partial charge in [-0.2, -0.15) is 13.2 Å². The van der Waals surface area contributed by atoms with Gasteiger partial charge >= 0.3 is 6.18 Å². The van der Waals surface area contributed by atoms with Crippen molar-refractivity contribution in [2.45, 2.75) is 19.4 Å². The van der Waals surface area contributed by atoms with Crippen molar-refractivity contribution in [2.24, 2.45) is 0 Å². The summed E-state index contributed by atoms with van der Waals surface area (Å²) in [6.07, 6.45) is -6.34. The smallest absolute Gasteiger partial charge is 0.364 e. The van der Waals surface area contributed by atoms with Gasteiger partial charge in [-0.25, -0.2) is 0 Å². The Kier molecular flexibility index (Phi) is 2.82. The molecule has 0 heterocycles. The van der Waals surface area contributed by atoms with E-state index in [1.54, 1.807) is 0 Å². The third-order valence-corrected chi connectivity index (χ3v) is 1.87. The van der Waals surface area contributed by atoms with Crippen LogP contribution in [0.5, 0.6) is 0 Å². The van der Waals surface area contributed by atoms with Crippen LogP contribution in [0.3, 0.4) is 0 Å². The van der Waals surface area contributed by atoms with Crippen molar-refractivity contribution in [3.05, 3.63) is 34.9 Å². The molecule has 14 heavy (non-hydrogen) atoms. The second-order valence-corrected chi connectivity index (χ2v) is 2.95. The minimum Gasteiger partial charge on any atom is -0.364 e. The van der Waals surface area contributed by atoms with Gasteiger partial charge in [0, 0.05) is 5.56 Å². The molecule has 0 atom stereocenters. The Hall–Kier alpha value is -1.07. The van der Waals surface area contributed by atoms with Gasteiger partial charge in [-0.1, -0.05) is 12.1 Å². The summed E-state index contributed by atoms with van der Waals surface area (Å²) in [6.45, 7) is 1.32. The van der Waals surface area contributed by atoms with Crippen LogP contribution in [0, 0.1) is 6.92 Å². The Labute approximate surface area is 78.6 Å². The van der Waals surface area contributed by atoms with Crippen molar-refractivity contribution in [3.63, 3.8) is 0 Å². The maximum Gasteiger partial charge on any atom is 0.416 e. The molecule has 0 aliphatic rings. The van der Waals surface area contributed by atoms with Gasteiger partial charge in [0.05, 0.1) is 5.56 Å². The molecule has 0 amide bonds. The standard InChI is InChI=1S/C9H9F3O2/c1-5-2-3-6(8(13)14)4-7(5)9(10,11)12/h2-4,8,13-14H,1H3. The fourth-order valence-corrected chi connectivity index (χ4v) is 1.11. The zero-order valence-electron chi connectivity index (χ0n) is 7.34. The van der Waals surface area contributed by atoms with Crippen molar-refractivity contribution < 1.29 is 23.4 Å². The molecule has 0 saturated carbocycles. The minimum absolute atomic E-state index is 0.0573. The van der Waals surface area contributed by atoms with Crippen LogP contribution in [0.25, 0.3) is 0 Å². The Morgan fingerprint density at radius 2 is 1.79 bits per heavy atom. The molecule has 0 bridgehead atoms. The van der Waals surface area contributed by atoms with E-state index < -0.39 is 18.0 Å². The molecule has 1 aromatic carbocycles. The normalized spacial score (nSPS) is 12.2. The Bertz CT molecular complexity index is 331. The first kappa shape index (κ1) is 11.0. The molecule has 1 rings (SSSR count). The number of aliphatic hydroxyl groups excluding tert-OH is 1. The van der Waals surface area contributed by atoms with E-state index in [2.05, 4.69) is 0 Å². The van der Waals surface area contributed by atoms with Gasteiger partial charge in [-0.05, 0) is 18.6 Å². The van der Waals surface area contributed by atoms with E-state index in [1.165, 1.54) is 19.1 Å². The van der Waals surface area contributed by atoms with Crippen LogP contribution < -0.4 is 0 Å². The zero-order valence-corrected chi connectivity index (χ0v) is 7.34. The highest BCUT2D eigenvalue weighted by molar-refractivity contribution is 5.33. The van der Waals surface area contributed by atoms with Gasteiger partial charge in [-0.15, -0.1) is 0 Å². The van der Waals surface area contributed by atoms with E-state index in [4.69, 9.17) is 10.2 Å². The summed E-state index contributed by atoms with van der Waals surface area (Å²) in [5.74, 6) is 0. The number of halogens is 3. The lowest BCUT2D eigenvalue weighted by Crippen LogP contribution is -2.09. The van der Waals surface area contributed by atoms with Crippen molar-refractivity contribution in [3.8, 4) is 0 Å². The SMILES string of the molecule is Cc1ccc(C(O)O)cc1C(F)(F)F. The highest BCUT2D eigenvalue weighted by atomic mass is 19.4.